The minimum Gasteiger partial charge on any atom is -0.490 e. The van der Waals surface area contributed by atoms with Crippen molar-refractivity contribution in [2.24, 2.45) is 0 Å². The SMILES string of the molecule is CCCOc1ccccc1OCc1nnsc1NCC. The van der Waals surface area contributed by atoms with Gasteiger partial charge in [-0.3, -0.25) is 0 Å². The van der Waals surface area contributed by atoms with Gasteiger partial charge in [-0.1, -0.05) is 23.5 Å². The van der Waals surface area contributed by atoms with Crippen molar-refractivity contribution in [3.8, 4) is 11.5 Å². The molecule has 2 aromatic rings. The minimum atomic E-state index is 0.380. The normalized spacial score (nSPS) is 10.3. The number of benzene rings is 1. The van der Waals surface area contributed by atoms with E-state index in [2.05, 4.69) is 21.8 Å². The zero-order valence-electron chi connectivity index (χ0n) is 11.8. The molecule has 0 fully saturated rings. The summed E-state index contributed by atoms with van der Waals surface area (Å²) in [6.45, 7) is 6.02. The van der Waals surface area contributed by atoms with Gasteiger partial charge in [-0.2, -0.15) is 0 Å². The second-order valence-electron chi connectivity index (χ2n) is 4.16. The summed E-state index contributed by atoms with van der Waals surface area (Å²) in [4.78, 5) is 0. The van der Waals surface area contributed by atoms with Crippen LogP contribution in [0.25, 0.3) is 0 Å². The lowest BCUT2D eigenvalue weighted by molar-refractivity contribution is 0.259. The Morgan fingerprint density at radius 3 is 2.60 bits per heavy atom. The van der Waals surface area contributed by atoms with Crippen LogP contribution in [-0.2, 0) is 6.61 Å². The number of rotatable bonds is 8. The number of nitrogens with zero attached hydrogens (tertiary/aromatic N) is 2. The van der Waals surface area contributed by atoms with Gasteiger partial charge in [-0.15, -0.1) is 5.10 Å². The van der Waals surface area contributed by atoms with E-state index in [1.54, 1.807) is 0 Å². The van der Waals surface area contributed by atoms with Gasteiger partial charge >= 0.3 is 0 Å². The molecular weight excluding hydrogens is 274 g/mol. The Balaban J connectivity index is 2.01. The molecule has 1 N–H and O–H groups in total. The highest BCUT2D eigenvalue weighted by Crippen LogP contribution is 2.28. The van der Waals surface area contributed by atoms with E-state index in [0.717, 1.165) is 35.2 Å². The third kappa shape index (κ3) is 3.84. The maximum Gasteiger partial charge on any atom is 0.161 e. The molecule has 1 heterocycles. The third-order valence-electron chi connectivity index (χ3n) is 2.57. The van der Waals surface area contributed by atoms with Crippen LogP contribution in [0.3, 0.4) is 0 Å². The Bertz CT molecular complexity index is 531. The van der Waals surface area contributed by atoms with Crippen molar-refractivity contribution >= 4 is 16.5 Å². The summed E-state index contributed by atoms with van der Waals surface area (Å²) in [5.41, 5.74) is 0.821. The lowest BCUT2D eigenvalue weighted by Crippen LogP contribution is -2.04. The highest BCUT2D eigenvalue weighted by atomic mass is 32.1. The molecule has 5 nitrogen and oxygen atoms in total. The van der Waals surface area contributed by atoms with E-state index in [4.69, 9.17) is 9.47 Å². The zero-order valence-corrected chi connectivity index (χ0v) is 12.6. The topological polar surface area (TPSA) is 56.3 Å². The summed E-state index contributed by atoms with van der Waals surface area (Å²) in [5, 5.41) is 8.26. The monoisotopic (exact) mass is 293 g/mol. The highest BCUT2D eigenvalue weighted by molar-refractivity contribution is 7.10. The Labute approximate surface area is 123 Å². The molecule has 0 saturated carbocycles. The van der Waals surface area contributed by atoms with Crippen molar-refractivity contribution in [1.82, 2.24) is 9.59 Å². The van der Waals surface area contributed by atoms with Gasteiger partial charge in [-0.25, -0.2) is 0 Å². The van der Waals surface area contributed by atoms with Crippen LogP contribution in [0.5, 0.6) is 11.5 Å². The third-order valence-corrected chi connectivity index (χ3v) is 3.29. The average molecular weight is 293 g/mol. The number of para-hydroxylation sites is 2. The summed E-state index contributed by atoms with van der Waals surface area (Å²) in [7, 11) is 0. The van der Waals surface area contributed by atoms with Crippen molar-refractivity contribution in [2.45, 2.75) is 26.9 Å². The Hall–Kier alpha value is -1.82. The molecule has 0 spiro atoms. The van der Waals surface area contributed by atoms with Gasteiger partial charge in [0.1, 0.15) is 17.3 Å². The molecule has 108 valence electrons. The molecule has 6 heteroatoms. The van der Waals surface area contributed by atoms with Crippen LogP contribution in [-0.4, -0.2) is 22.7 Å². The molecule has 0 aliphatic rings. The molecule has 0 aliphatic carbocycles. The fourth-order valence-corrected chi connectivity index (χ4v) is 2.28. The summed E-state index contributed by atoms with van der Waals surface area (Å²) in [6, 6.07) is 7.68. The van der Waals surface area contributed by atoms with Crippen LogP contribution < -0.4 is 14.8 Å². The number of hydrogen-bond acceptors (Lipinski definition) is 6. The van der Waals surface area contributed by atoms with Crippen molar-refractivity contribution < 1.29 is 9.47 Å². The molecule has 1 aromatic heterocycles. The lowest BCUT2D eigenvalue weighted by Gasteiger charge is -2.11. The number of anilines is 1. The van der Waals surface area contributed by atoms with Gasteiger partial charge in [0, 0.05) is 18.1 Å². The average Bonchev–Trinajstić information content (AvgIpc) is 2.91. The van der Waals surface area contributed by atoms with Gasteiger partial charge in [-0.05, 0) is 25.5 Å². The number of nitrogens with one attached hydrogen (secondary N) is 1. The maximum atomic E-state index is 5.80. The van der Waals surface area contributed by atoms with Gasteiger partial charge in [0.25, 0.3) is 0 Å². The molecule has 1 aromatic carbocycles. The number of aromatic nitrogens is 2. The minimum absolute atomic E-state index is 0.380. The smallest absolute Gasteiger partial charge is 0.161 e. The Kier molecular flexibility index (Phi) is 5.61. The van der Waals surface area contributed by atoms with Gasteiger partial charge < -0.3 is 14.8 Å². The second-order valence-corrected chi connectivity index (χ2v) is 4.92. The quantitative estimate of drug-likeness (QED) is 0.809. The van der Waals surface area contributed by atoms with Crippen LogP contribution >= 0.6 is 11.5 Å². The molecule has 0 atom stereocenters. The van der Waals surface area contributed by atoms with Gasteiger partial charge in [0.2, 0.25) is 0 Å². The zero-order chi connectivity index (χ0) is 14.2. The van der Waals surface area contributed by atoms with Gasteiger partial charge in [0.05, 0.1) is 6.61 Å². The van der Waals surface area contributed by atoms with Crippen LogP contribution in [0, 0.1) is 0 Å². The first-order valence-electron chi connectivity index (χ1n) is 6.74. The molecular formula is C14H19N3O2S. The van der Waals surface area contributed by atoms with E-state index in [1.165, 1.54) is 11.5 Å². The van der Waals surface area contributed by atoms with Crippen molar-refractivity contribution in [1.29, 1.82) is 0 Å². The Morgan fingerprint density at radius 1 is 1.15 bits per heavy atom. The van der Waals surface area contributed by atoms with Crippen LogP contribution in [0.1, 0.15) is 26.0 Å². The van der Waals surface area contributed by atoms with Gasteiger partial charge in [0.15, 0.2) is 11.5 Å². The molecule has 0 aliphatic heterocycles. The molecule has 2 rings (SSSR count). The molecule has 0 unspecified atom stereocenters. The van der Waals surface area contributed by atoms with E-state index in [0.29, 0.717) is 13.2 Å². The van der Waals surface area contributed by atoms with Crippen molar-refractivity contribution in [2.75, 3.05) is 18.5 Å². The first kappa shape index (κ1) is 14.6. The summed E-state index contributed by atoms with van der Waals surface area (Å²) >= 11 is 1.34. The van der Waals surface area contributed by atoms with E-state index in [1.807, 2.05) is 31.2 Å². The molecule has 0 radical (unpaired) electrons. The van der Waals surface area contributed by atoms with E-state index in [-0.39, 0.29) is 0 Å². The molecule has 20 heavy (non-hydrogen) atoms. The number of hydrogen-bond donors (Lipinski definition) is 1. The summed E-state index contributed by atoms with van der Waals surface area (Å²) in [5.74, 6) is 1.50. The van der Waals surface area contributed by atoms with E-state index >= 15 is 0 Å². The number of ether oxygens (including phenoxy) is 2. The van der Waals surface area contributed by atoms with Crippen molar-refractivity contribution in [3.63, 3.8) is 0 Å². The lowest BCUT2D eigenvalue weighted by atomic mass is 10.3. The largest absolute Gasteiger partial charge is 0.490 e. The highest BCUT2D eigenvalue weighted by Gasteiger charge is 2.10. The van der Waals surface area contributed by atoms with E-state index in [9.17, 15) is 0 Å². The fourth-order valence-electron chi connectivity index (χ4n) is 1.64. The predicted octanol–water partition coefficient (Wildman–Crippen LogP) is 3.34. The molecule has 0 amide bonds. The fraction of sp³-hybridized carbons (Fsp3) is 0.429. The Morgan fingerprint density at radius 2 is 1.90 bits per heavy atom. The predicted molar refractivity (Wildman–Crippen MR) is 80.6 cm³/mol. The van der Waals surface area contributed by atoms with Crippen LogP contribution in [0.15, 0.2) is 24.3 Å². The van der Waals surface area contributed by atoms with Crippen molar-refractivity contribution in [3.05, 3.63) is 30.0 Å². The molecule has 0 saturated heterocycles. The van der Waals surface area contributed by atoms with Crippen LogP contribution in [0.2, 0.25) is 0 Å². The first-order valence-corrected chi connectivity index (χ1v) is 7.52. The first-order chi connectivity index (χ1) is 9.85. The second kappa shape index (κ2) is 7.69. The summed E-state index contributed by atoms with van der Waals surface area (Å²) < 4.78 is 15.4. The summed E-state index contributed by atoms with van der Waals surface area (Å²) in [6.07, 6.45) is 0.967. The standard InChI is InChI=1S/C14H19N3O2S/c1-3-9-18-12-7-5-6-8-13(12)19-10-11-14(15-4-2)20-17-16-11/h5-8,15H,3-4,9-10H2,1-2H3. The van der Waals surface area contributed by atoms with E-state index < -0.39 is 0 Å². The maximum absolute atomic E-state index is 5.80. The van der Waals surface area contributed by atoms with Crippen LogP contribution in [0.4, 0.5) is 5.00 Å². The molecule has 0 bridgehead atoms.